The first-order valence-electron chi connectivity index (χ1n) is 8.13. The van der Waals surface area contributed by atoms with Crippen molar-refractivity contribution >= 4 is 43.8 Å². The van der Waals surface area contributed by atoms with Crippen LogP contribution in [0.1, 0.15) is 37.5 Å². The number of methoxy groups -OCH3 is 1. The SMILES string of the molecule is COc1c(C=Cc2ccc(NS(C)(=O)=O)cc2)cc(Br)cc1C(C)(C)C. The summed E-state index contributed by atoms with van der Waals surface area (Å²) in [4.78, 5) is 0. The van der Waals surface area contributed by atoms with E-state index in [0.717, 1.165) is 33.2 Å². The van der Waals surface area contributed by atoms with E-state index in [1.165, 1.54) is 0 Å². The van der Waals surface area contributed by atoms with Gasteiger partial charge in [-0.15, -0.1) is 0 Å². The first-order chi connectivity index (χ1) is 12.0. The maximum atomic E-state index is 11.3. The fourth-order valence-corrected chi connectivity index (χ4v) is 3.63. The number of hydrogen-bond acceptors (Lipinski definition) is 3. The normalized spacial score (nSPS) is 12.4. The highest BCUT2D eigenvalue weighted by atomic mass is 79.9. The van der Waals surface area contributed by atoms with Crippen LogP contribution in [0.3, 0.4) is 0 Å². The topological polar surface area (TPSA) is 55.4 Å². The van der Waals surface area contributed by atoms with Crippen molar-refractivity contribution in [2.75, 3.05) is 18.1 Å². The Hall–Kier alpha value is -1.79. The zero-order chi connectivity index (χ0) is 19.5. The molecule has 0 aliphatic heterocycles. The second-order valence-electron chi connectivity index (χ2n) is 7.16. The van der Waals surface area contributed by atoms with Crippen LogP contribution in [0.5, 0.6) is 5.75 Å². The van der Waals surface area contributed by atoms with E-state index in [1.807, 2.05) is 30.4 Å². The smallest absolute Gasteiger partial charge is 0.229 e. The third-order valence-corrected chi connectivity index (χ3v) is 4.83. The lowest BCUT2D eigenvalue weighted by Crippen LogP contribution is -2.13. The molecule has 0 spiro atoms. The van der Waals surface area contributed by atoms with E-state index < -0.39 is 10.0 Å². The molecule has 0 heterocycles. The van der Waals surface area contributed by atoms with Gasteiger partial charge in [0.2, 0.25) is 10.0 Å². The maximum absolute atomic E-state index is 11.3. The largest absolute Gasteiger partial charge is 0.496 e. The Morgan fingerprint density at radius 1 is 1.08 bits per heavy atom. The van der Waals surface area contributed by atoms with Crippen molar-refractivity contribution in [1.29, 1.82) is 0 Å². The summed E-state index contributed by atoms with van der Waals surface area (Å²) in [5.41, 5.74) is 3.56. The fraction of sp³-hybridized carbons (Fsp3) is 0.300. The van der Waals surface area contributed by atoms with Gasteiger partial charge >= 0.3 is 0 Å². The van der Waals surface area contributed by atoms with Gasteiger partial charge in [0.25, 0.3) is 0 Å². The average Bonchev–Trinajstić information content (AvgIpc) is 2.51. The minimum atomic E-state index is -3.27. The molecule has 0 bridgehead atoms. The van der Waals surface area contributed by atoms with Crippen molar-refractivity contribution < 1.29 is 13.2 Å². The van der Waals surface area contributed by atoms with Crippen molar-refractivity contribution in [2.45, 2.75) is 26.2 Å². The maximum Gasteiger partial charge on any atom is 0.229 e. The molecule has 0 amide bonds. The minimum Gasteiger partial charge on any atom is -0.496 e. The Bertz CT molecular complexity index is 911. The number of ether oxygens (including phenoxy) is 1. The van der Waals surface area contributed by atoms with E-state index in [2.05, 4.69) is 47.5 Å². The Kier molecular flexibility index (Phi) is 6.19. The summed E-state index contributed by atoms with van der Waals surface area (Å²) in [6, 6.07) is 11.3. The van der Waals surface area contributed by atoms with E-state index in [4.69, 9.17) is 4.74 Å². The number of sulfonamides is 1. The molecule has 26 heavy (non-hydrogen) atoms. The molecule has 6 heteroatoms. The molecule has 140 valence electrons. The number of benzene rings is 2. The van der Waals surface area contributed by atoms with Crippen LogP contribution in [-0.2, 0) is 15.4 Å². The Balaban J connectivity index is 2.34. The van der Waals surface area contributed by atoms with Crippen LogP contribution in [0, 0.1) is 0 Å². The van der Waals surface area contributed by atoms with Gasteiger partial charge in [-0.2, -0.15) is 0 Å². The summed E-state index contributed by atoms with van der Waals surface area (Å²) in [5, 5.41) is 0. The molecule has 0 aromatic heterocycles. The van der Waals surface area contributed by atoms with Crippen LogP contribution >= 0.6 is 15.9 Å². The highest BCUT2D eigenvalue weighted by Crippen LogP contribution is 2.37. The number of halogens is 1. The highest BCUT2D eigenvalue weighted by molar-refractivity contribution is 9.10. The van der Waals surface area contributed by atoms with Crippen LogP contribution in [0.25, 0.3) is 12.2 Å². The zero-order valence-electron chi connectivity index (χ0n) is 15.6. The number of rotatable bonds is 5. The molecule has 0 aliphatic rings. The second kappa shape index (κ2) is 7.84. The van der Waals surface area contributed by atoms with Crippen LogP contribution < -0.4 is 9.46 Å². The molecule has 0 aliphatic carbocycles. The quantitative estimate of drug-likeness (QED) is 0.645. The average molecular weight is 438 g/mol. The molecule has 2 aromatic rings. The van der Waals surface area contributed by atoms with Gasteiger partial charge in [-0.25, -0.2) is 8.42 Å². The molecule has 0 fully saturated rings. The standard InChI is InChI=1S/C20H24BrNO3S/c1-20(2,3)18-13-16(21)12-15(19(18)25-4)9-6-14-7-10-17(11-8-14)22-26(5,23)24/h6-13,22H,1-5H3. The van der Waals surface area contributed by atoms with E-state index in [1.54, 1.807) is 19.2 Å². The summed E-state index contributed by atoms with van der Waals surface area (Å²) in [7, 11) is -1.59. The van der Waals surface area contributed by atoms with Gasteiger partial charge in [0, 0.05) is 21.3 Å². The van der Waals surface area contributed by atoms with Gasteiger partial charge < -0.3 is 4.74 Å². The van der Waals surface area contributed by atoms with Crippen molar-refractivity contribution in [3.05, 3.63) is 57.6 Å². The van der Waals surface area contributed by atoms with Gasteiger partial charge in [0.15, 0.2) is 0 Å². The summed E-state index contributed by atoms with van der Waals surface area (Å²) < 4.78 is 31.7. The Morgan fingerprint density at radius 2 is 1.69 bits per heavy atom. The van der Waals surface area contributed by atoms with Crippen molar-refractivity contribution in [2.24, 2.45) is 0 Å². The molecule has 2 rings (SSSR count). The Morgan fingerprint density at radius 3 is 2.19 bits per heavy atom. The van der Waals surface area contributed by atoms with E-state index in [9.17, 15) is 8.42 Å². The number of hydrogen-bond donors (Lipinski definition) is 1. The molecule has 0 saturated carbocycles. The summed E-state index contributed by atoms with van der Waals surface area (Å²) in [5.74, 6) is 0.854. The summed E-state index contributed by atoms with van der Waals surface area (Å²) in [6.07, 6.45) is 5.10. The van der Waals surface area contributed by atoms with E-state index >= 15 is 0 Å². The lowest BCUT2D eigenvalue weighted by molar-refractivity contribution is 0.396. The highest BCUT2D eigenvalue weighted by Gasteiger charge is 2.21. The molecule has 4 nitrogen and oxygen atoms in total. The molecule has 0 radical (unpaired) electrons. The predicted octanol–water partition coefficient (Wildman–Crippen LogP) is 5.30. The molecule has 1 N–H and O–H groups in total. The molecule has 0 saturated heterocycles. The van der Waals surface area contributed by atoms with Gasteiger partial charge in [0.1, 0.15) is 5.75 Å². The van der Waals surface area contributed by atoms with E-state index in [0.29, 0.717) is 5.69 Å². The molecule has 0 atom stereocenters. The second-order valence-corrected chi connectivity index (χ2v) is 9.82. The van der Waals surface area contributed by atoms with Crippen LogP contribution in [0.15, 0.2) is 40.9 Å². The minimum absolute atomic E-state index is 0.0450. The summed E-state index contributed by atoms with van der Waals surface area (Å²) >= 11 is 3.58. The first kappa shape index (κ1) is 20.5. The van der Waals surface area contributed by atoms with Crippen LogP contribution in [-0.4, -0.2) is 21.8 Å². The monoisotopic (exact) mass is 437 g/mol. The molecular weight excluding hydrogens is 414 g/mol. The summed E-state index contributed by atoms with van der Waals surface area (Å²) in [6.45, 7) is 6.45. The van der Waals surface area contributed by atoms with Crippen molar-refractivity contribution in [3.8, 4) is 5.75 Å². The van der Waals surface area contributed by atoms with Gasteiger partial charge in [-0.3, -0.25) is 4.72 Å². The fourth-order valence-electron chi connectivity index (χ4n) is 2.59. The zero-order valence-corrected chi connectivity index (χ0v) is 18.0. The third kappa shape index (κ3) is 5.61. The van der Waals surface area contributed by atoms with Gasteiger partial charge in [0.05, 0.1) is 13.4 Å². The van der Waals surface area contributed by atoms with Crippen LogP contribution in [0.4, 0.5) is 5.69 Å². The van der Waals surface area contributed by atoms with Crippen molar-refractivity contribution in [3.63, 3.8) is 0 Å². The number of anilines is 1. The van der Waals surface area contributed by atoms with Crippen LogP contribution in [0.2, 0.25) is 0 Å². The van der Waals surface area contributed by atoms with Gasteiger partial charge in [-0.1, -0.05) is 61.0 Å². The first-order valence-corrected chi connectivity index (χ1v) is 10.8. The van der Waals surface area contributed by atoms with E-state index in [-0.39, 0.29) is 5.41 Å². The lowest BCUT2D eigenvalue weighted by atomic mass is 9.85. The predicted molar refractivity (Wildman–Crippen MR) is 113 cm³/mol. The Labute approximate surface area is 164 Å². The third-order valence-electron chi connectivity index (χ3n) is 3.76. The molecule has 0 unspecified atom stereocenters. The molecule has 2 aromatic carbocycles. The number of nitrogens with one attached hydrogen (secondary N) is 1. The van der Waals surface area contributed by atoms with Gasteiger partial charge in [-0.05, 0) is 35.2 Å². The van der Waals surface area contributed by atoms with Crippen molar-refractivity contribution in [1.82, 2.24) is 0 Å². The lowest BCUT2D eigenvalue weighted by Gasteiger charge is -2.24. The molecular formula is C20H24BrNO3S.